The SMILES string of the molecule is I.NC(=NCC(=O)N1CCc2sccc2C1)N1CCOCC1. The first kappa shape index (κ1) is 17.5. The number of fused-ring (bicyclic) bond motifs is 1. The van der Waals surface area contributed by atoms with Crippen molar-refractivity contribution in [2.45, 2.75) is 13.0 Å². The van der Waals surface area contributed by atoms with Crippen molar-refractivity contribution in [1.82, 2.24) is 9.80 Å². The van der Waals surface area contributed by atoms with Crippen LogP contribution >= 0.6 is 35.3 Å². The largest absolute Gasteiger partial charge is 0.378 e. The predicted octanol–water partition coefficient (Wildman–Crippen LogP) is 0.898. The van der Waals surface area contributed by atoms with Gasteiger partial charge in [-0.25, -0.2) is 4.99 Å². The van der Waals surface area contributed by atoms with Crippen LogP contribution in [0.4, 0.5) is 0 Å². The molecular weight excluding hydrogens is 415 g/mol. The molecule has 22 heavy (non-hydrogen) atoms. The number of nitrogens with two attached hydrogens (primary N) is 1. The second-order valence-electron chi connectivity index (χ2n) is 5.21. The molecule has 2 aliphatic rings. The van der Waals surface area contributed by atoms with E-state index in [1.807, 2.05) is 9.80 Å². The summed E-state index contributed by atoms with van der Waals surface area (Å²) in [5.74, 6) is 0.489. The van der Waals surface area contributed by atoms with Crippen LogP contribution < -0.4 is 5.73 Å². The molecule has 1 amide bonds. The van der Waals surface area contributed by atoms with E-state index in [9.17, 15) is 4.79 Å². The highest BCUT2D eigenvalue weighted by Gasteiger charge is 2.21. The number of thiophene rings is 1. The number of hydrogen-bond donors (Lipinski definition) is 1. The number of halogens is 1. The Hall–Kier alpha value is -0.870. The summed E-state index contributed by atoms with van der Waals surface area (Å²) < 4.78 is 5.27. The first-order chi connectivity index (χ1) is 10.2. The Morgan fingerprint density at radius 2 is 2.09 bits per heavy atom. The highest BCUT2D eigenvalue weighted by molar-refractivity contribution is 14.0. The molecule has 1 saturated heterocycles. The Labute approximate surface area is 151 Å². The van der Waals surface area contributed by atoms with Gasteiger partial charge in [-0.15, -0.1) is 35.3 Å². The van der Waals surface area contributed by atoms with E-state index in [2.05, 4.69) is 16.4 Å². The van der Waals surface area contributed by atoms with Crippen molar-refractivity contribution in [3.8, 4) is 0 Å². The van der Waals surface area contributed by atoms with Crippen LogP contribution in [0.3, 0.4) is 0 Å². The number of nitrogens with zero attached hydrogens (tertiary/aromatic N) is 3. The van der Waals surface area contributed by atoms with E-state index in [4.69, 9.17) is 10.5 Å². The van der Waals surface area contributed by atoms with E-state index in [1.165, 1.54) is 10.4 Å². The van der Waals surface area contributed by atoms with Crippen LogP contribution in [0.15, 0.2) is 16.4 Å². The normalized spacial score (nSPS) is 18.6. The minimum Gasteiger partial charge on any atom is -0.378 e. The number of aliphatic imine (C=N–C) groups is 1. The highest BCUT2D eigenvalue weighted by atomic mass is 127. The van der Waals surface area contributed by atoms with Crippen molar-refractivity contribution in [3.05, 3.63) is 21.9 Å². The molecular formula is C14H21IN4O2S. The molecule has 3 heterocycles. The van der Waals surface area contributed by atoms with Gasteiger partial charge in [0.15, 0.2) is 5.96 Å². The lowest BCUT2D eigenvalue weighted by molar-refractivity contribution is -0.130. The van der Waals surface area contributed by atoms with Gasteiger partial charge in [0.1, 0.15) is 6.54 Å². The van der Waals surface area contributed by atoms with Crippen LogP contribution in [0.25, 0.3) is 0 Å². The Bertz CT molecular complexity index is 543. The van der Waals surface area contributed by atoms with E-state index in [0.717, 1.165) is 26.1 Å². The molecule has 0 aliphatic carbocycles. The number of ether oxygens (including phenoxy) is 1. The third kappa shape index (κ3) is 4.11. The second-order valence-corrected chi connectivity index (χ2v) is 6.21. The highest BCUT2D eigenvalue weighted by Crippen LogP contribution is 2.23. The van der Waals surface area contributed by atoms with E-state index in [-0.39, 0.29) is 36.4 Å². The number of hydrogen-bond acceptors (Lipinski definition) is 4. The van der Waals surface area contributed by atoms with Crippen molar-refractivity contribution in [2.24, 2.45) is 10.7 Å². The molecule has 0 radical (unpaired) electrons. The van der Waals surface area contributed by atoms with E-state index in [0.29, 0.717) is 25.7 Å². The van der Waals surface area contributed by atoms with Crippen molar-refractivity contribution in [2.75, 3.05) is 39.4 Å². The van der Waals surface area contributed by atoms with Gasteiger partial charge in [-0.3, -0.25) is 4.79 Å². The van der Waals surface area contributed by atoms with Crippen LogP contribution in [-0.2, 0) is 22.5 Å². The molecule has 1 aromatic heterocycles. The average Bonchev–Trinajstić information content (AvgIpc) is 3.00. The molecule has 0 saturated carbocycles. The fourth-order valence-electron chi connectivity index (χ4n) is 2.60. The Morgan fingerprint density at radius 1 is 1.32 bits per heavy atom. The number of rotatable bonds is 2. The third-order valence-electron chi connectivity index (χ3n) is 3.87. The van der Waals surface area contributed by atoms with Gasteiger partial charge in [-0.05, 0) is 23.4 Å². The van der Waals surface area contributed by atoms with Crippen LogP contribution in [0.2, 0.25) is 0 Å². The fraction of sp³-hybridized carbons (Fsp3) is 0.571. The number of carbonyl (C=O) groups excluding carboxylic acids is 1. The lowest BCUT2D eigenvalue weighted by Crippen LogP contribution is -2.45. The summed E-state index contributed by atoms with van der Waals surface area (Å²) in [5, 5.41) is 2.09. The summed E-state index contributed by atoms with van der Waals surface area (Å²) >= 11 is 1.77. The Morgan fingerprint density at radius 3 is 2.86 bits per heavy atom. The number of carbonyl (C=O) groups is 1. The maximum absolute atomic E-state index is 12.2. The van der Waals surface area contributed by atoms with Gasteiger partial charge in [-0.2, -0.15) is 0 Å². The number of morpholine rings is 1. The average molecular weight is 436 g/mol. The smallest absolute Gasteiger partial charge is 0.244 e. The van der Waals surface area contributed by atoms with Crippen LogP contribution in [0.1, 0.15) is 10.4 Å². The van der Waals surface area contributed by atoms with Crippen LogP contribution in [-0.4, -0.2) is 61.1 Å². The predicted molar refractivity (Wildman–Crippen MR) is 97.7 cm³/mol. The van der Waals surface area contributed by atoms with E-state index in [1.54, 1.807) is 11.3 Å². The number of amides is 1. The molecule has 6 nitrogen and oxygen atoms in total. The summed E-state index contributed by atoms with van der Waals surface area (Å²) in [6.45, 7) is 4.41. The maximum atomic E-state index is 12.2. The van der Waals surface area contributed by atoms with Crippen LogP contribution in [0.5, 0.6) is 0 Å². The van der Waals surface area contributed by atoms with Gasteiger partial charge in [0.05, 0.1) is 13.2 Å². The van der Waals surface area contributed by atoms with E-state index >= 15 is 0 Å². The van der Waals surface area contributed by atoms with Gasteiger partial charge in [-0.1, -0.05) is 0 Å². The maximum Gasteiger partial charge on any atom is 0.244 e. The lowest BCUT2D eigenvalue weighted by atomic mass is 10.1. The summed E-state index contributed by atoms with van der Waals surface area (Å²) in [6, 6.07) is 2.10. The van der Waals surface area contributed by atoms with Gasteiger partial charge in [0.2, 0.25) is 5.91 Å². The molecule has 8 heteroatoms. The van der Waals surface area contributed by atoms with Crippen molar-refractivity contribution < 1.29 is 9.53 Å². The van der Waals surface area contributed by atoms with Gasteiger partial charge in [0, 0.05) is 31.1 Å². The Balaban J connectivity index is 0.00000176. The standard InChI is InChI=1S/C14H20N4O2S.HI/c15-14(17-4-6-20-7-5-17)16-9-13(19)18-3-1-12-11(10-18)2-8-21-12;/h2,8H,1,3-7,9-10H2,(H2,15,16);1H. The van der Waals surface area contributed by atoms with E-state index < -0.39 is 0 Å². The first-order valence-electron chi connectivity index (χ1n) is 7.19. The lowest BCUT2D eigenvalue weighted by Gasteiger charge is -2.28. The zero-order valence-corrected chi connectivity index (χ0v) is 15.5. The summed E-state index contributed by atoms with van der Waals surface area (Å²) in [7, 11) is 0. The van der Waals surface area contributed by atoms with Crippen molar-refractivity contribution in [1.29, 1.82) is 0 Å². The molecule has 122 valence electrons. The third-order valence-corrected chi connectivity index (χ3v) is 4.89. The molecule has 2 aliphatic heterocycles. The van der Waals surface area contributed by atoms with Gasteiger partial charge >= 0.3 is 0 Å². The summed E-state index contributed by atoms with van der Waals surface area (Å²) in [6.07, 6.45) is 0.946. The molecule has 1 aromatic rings. The minimum absolute atomic E-state index is 0. The van der Waals surface area contributed by atoms with Gasteiger partial charge < -0.3 is 20.3 Å². The molecule has 0 spiro atoms. The summed E-state index contributed by atoms with van der Waals surface area (Å²) in [5.41, 5.74) is 7.21. The Kier molecular flexibility index (Phi) is 6.45. The van der Waals surface area contributed by atoms with Crippen LogP contribution in [0, 0.1) is 0 Å². The molecule has 3 rings (SSSR count). The quantitative estimate of drug-likeness (QED) is 0.425. The monoisotopic (exact) mass is 436 g/mol. The molecule has 0 atom stereocenters. The second kappa shape index (κ2) is 8.11. The molecule has 0 bridgehead atoms. The number of guanidine groups is 1. The molecule has 1 fully saturated rings. The topological polar surface area (TPSA) is 71.2 Å². The molecule has 0 aromatic carbocycles. The first-order valence-corrected chi connectivity index (χ1v) is 8.07. The zero-order valence-electron chi connectivity index (χ0n) is 12.4. The molecule has 0 unspecified atom stereocenters. The van der Waals surface area contributed by atoms with Crippen molar-refractivity contribution >= 4 is 47.2 Å². The molecule has 2 N–H and O–H groups in total. The van der Waals surface area contributed by atoms with Crippen molar-refractivity contribution in [3.63, 3.8) is 0 Å². The summed E-state index contributed by atoms with van der Waals surface area (Å²) in [4.78, 5) is 21.7. The minimum atomic E-state index is 0. The zero-order chi connectivity index (χ0) is 14.7. The fourth-order valence-corrected chi connectivity index (χ4v) is 3.49. The van der Waals surface area contributed by atoms with Gasteiger partial charge in [0.25, 0.3) is 0 Å².